The second kappa shape index (κ2) is 5.92. The summed E-state index contributed by atoms with van der Waals surface area (Å²) >= 11 is 1.10. The minimum atomic E-state index is -0.505. The fourth-order valence-electron chi connectivity index (χ4n) is 1.85. The molecule has 3 N–H and O–H groups in total. The zero-order chi connectivity index (χ0) is 15.6. The number of ether oxygens (including phenoxy) is 1. The molecule has 0 aliphatic rings. The number of hydrogen-bond acceptors (Lipinski definition) is 6. The van der Waals surface area contributed by atoms with Gasteiger partial charge in [0.05, 0.1) is 24.1 Å². The van der Waals surface area contributed by atoms with Crippen molar-refractivity contribution in [1.82, 2.24) is 4.98 Å². The molecule has 0 spiro atoms. The number of rotatable bonds is 3. The van der Waals surface area contributed by atoms with Gasteiger partial charge in [-0.15, -0.1) is 0 Å². The van der Waals surface area contributed by atoms with Crippen LogP contribution in [0.3, 0.4) is 0 Å². The number of hydrogen-bond donors (Lipinski definition) is 2. The number of amides is 1. The van der Waals surface area contributed by atoms with Gasteiger partial charge in [0.1, 0.15) is 4.88 Å². The van der Waals surface area contributed by atoms with E-state index in [0.717, 1.165) is 16.9 Å². The molecule has 0 unspecified atom stereocenters. The van der Waals surface area contributed by atoms with Gasteiger partial charge in [0.15, 0.2) is 5.13 Å². The van der Waals surface area contributed by atoms with Gasteiger partial charge < -0.3 is 15.8 Å². The number of benzene rings is 1. The first kappa shape index (κ1) is 15.0. The molecule has 21 heavy (non-hydrogen) atoms. The van der Waals surface area contributed by atoms with Crippen LogP contribution in [0.15, 0.2) is 18.2 Å². The number of nitrogen functional groups attached to an aromatic ring is 1. The molecule has 7 heteroatoms. The Bertz CT molecular complexity index is 709. The lowest BCUT2D eigenvalue weighted by Gasteiger charge is -2.10. The van der Waals surface area contributed by atoms with Gasteiger partial charge in [-0.2, -0.15) is 0 Å². The topological polar surface area (TPSA) is 94.3 Å². The Kier molecular flexibility index (Phi) is 4.23. The Morgan fingerprint density at radius 3 is 2.62 bits per heavy atom. The van der Waals surface area contributed by atoms with Gasteiger partial charge in [-0.1, -0.05) is 23.0 Å². The molecule has 0 saturated carbocycles. The summed E-state index contributed by atoms with van der Waals surface area (Å²) in [6, 6.07) is 5.13. The van der Waals surface area contributed by atoms with Crippen molar-refractivity contribution in [1.29, 1.82) is 0 Å². The lowest BCUT2D eigenvalue weighted by Crippen LogP contribution is -2.15. The number of nitrogens with zero attached hydrogens (tertiary/aromatic N) is 1. The molecule has 1 heterocycles. The van der Waals surface area contributed by atoms with E-state index in [1.54, 1.807) is 25.1 Å². The number of anilines is 2. The molecule has 6 nitrogen and oxygen atoms in total. The van der Waals surface area contributed by atoms with Gasteiger partial charge in [0.2, 0.25) is 0 Å². The summed E-state index contributed by atoms with van der Waals surface area (Å²) in [5.74, 6) is -0.856. The summed E-state index contributed by atoms with van der Waals surface area (Å²) in [7, 11) is 1.30. The molecule has 0 aliphatic carbocycles. The van der Waals surface area contributed by atoms with E-state index in [9.17, 15) is 9.59 Å². The monoisotopic (exact) mass is 305 g/mol. The lowest BCUT2D eigenvalue weighted by atomic mass is 10.1. The van der Waals surface area contributed by atoms with Crippen molar-refractivity contribution < 1.29 is 14.3 Å². The number of methoxy groups -OCH3 is 1. The summed E-state index contributed by atoms with van der Waals surface area (Å²) in [5, 5.41) is 3.03. The molecular formula is C14H15N3O3S. The summed E-state index contributed by atoms with van der Waals surface area (Å²) in [5.41, 5.74) is 7.73. The fourth-order valence-corrected chi connectivity index (χ4v) is 2.58. The minimum Gasteiger partial charge on any atom is -0.465 e. The van der Waals surface area contributed by atoms with Gasteiger partial charge in [0.25, 0.3) is 5.91 Å². The number of nitrogens with one attached hydrogen (secondary N) is 1. The molecule has 1 aromatic carbocycles. The van der Waals surface area contributed by atoms with Gasteiger partial charge in [0, 0.05) is 0 Å². The van der Waals surface area contributed by atoms with Crippen LogP contribution in [0.1, 0.15) is 31.3 Å². The Morgan fingerprint density at radius 2 is 2.05 bits per heavy atom. The van der Waals surface area contributed by atoms with Crippen LogP contribution in [0.5, 0.6) is 0 Å². The fraction of sp³-hybridized carbons (Fsp3) is 0.214. The number of thiazole rings is 1. The van der Waals surface area contributed by atoms with E-state index in [-0.39, 0.29) is 5.91 Å². The molecule has 1 aromatic heterocycles. The van der Waals surface area contributed by atoms with Crippen molar-refractivity contribution in [2.24, 2.45) is 0 Å². The summed E-state index contributed by atoms with van der Waals surface area (Å²) in [4.78, 5) is 28.4. The van der Waals surface area contributed by atoms with Gasteiger partial charge in [-0.25, -0.2) is 9.78 Å². The van der Waals surface area contributed by atoms with Crippen LogP contribution in [0.4, 0.5) is 10.8 Å². The maximum atomic E-state index is 12.2. The van der Waals surface area contributed by atoms with Crippen molar-refractivity contribution in [3.05, 3.63) is 39.9 Å². The van der Waals surface area contributed by atoms with Crippen LogP contribution in [-0.4, -0.2) is 24.0 Å². The molecular weight excluding hydrogens is 290 g/mol. The second-order valence-electron chi connectivity index (χ2n) is 4.46. The Morgan fingerprint density at radius 1 is 1.33 bits per heavy atom. The SMILES string of the molecule is COC(=O)c1cc(C)ccc1NC(=O)c1sc(N)nc1C. The zero-order valence-corrected chi connectivity index (χ0v) is 12.7. The number of aromatic nitrogens is 1. The van der Waals surface area contributed by atoms with Crippen LogP contribution in [0.2, 0.25) is 0 Å². The number of nitrogens with two attached hydrogens (primary N) is 1. The van der Waals surface area contributed by atoms with E-state index in [0.29, 0.717) is 27.0 Å². The molecule has 110 valence electrons. The zero-order valence-electron chi connectivity index (χ0n) is 11.9. The molecule has 0 aliphatic heterocycles. The van der Waals surface area contributed by atoms with Crippen LogP contribution >= 0.6 is 11.3 Å². The first-order valence-corrected chi connectivity index (χ1v) is 6.97. The van der Waals surface area contributed by atoms with Crippen molar-refractivity contribution in [3.63, 3.8) is 0 Å². The van der Waals surface area contributed by atoms with Crippen LogP contribution in [0, 0.1) is 13.8 Å². The maximum Gasteiger partial charge on any atom is 0.339 e. The third-order valence-corrected chi connectivity index (χ3v) is 3.83. The van der Waals surface area contributed by atoms with Gasteiger partial charge in [-0.3, -0.25) is 4.79 Å². The second-order valence-corrected chi connectivity index (χ2v) is 5.49. The van der Waals surface area contributed by atoms with E-state index >= 15 is 0 Å². The smallest absolute Gasteiger partial charge is 0.339 e. The van der Waals surface area contributed by atoms with E-state index in [4.69, 9.17) is 10.5 Å². The van der Waals surface area contributed by atoms with Crippen molar-refractivity contribution >= 4 is 34.0 Å². The standard InChI is InChI=1S/C14H15N3O3S/c1-7-4-5-10(9(6-7)13(19)20-3)17-12(18)11-8(2)16-14(15)21-11/h4-6H,1-3H3,(H2,15,16)(H,17,18). The third-order valence-electron chi connectivity index (χ3n) is 2.85. The van der Waals surface area contributed by atoms with Crippen LogP contribution in [0.25, 0.3) is 0 Å². The highest BCUT2D eigenvalue weighted by Crippen LogP contribution is 2.23. The Labute approximate surface area is 125 Å². The molecule has 0 saturated heterocycles. The highest BCUT2D eigenvalue weighted by Gasteiger charge is 2.18. The Balaban J connectivity index is 2.33. The normalized spacial score (nSPS) is 10.2. The maximum absolute atomic E-state index is 12.2. The number of carbonyl (C=O) groups excluding carboxylic acids is 2. The highest BCUT2D eigenvalue weighted by molar-refractivity contribution is 7.17. The summed E-state index contributed by atoms with van der Waals surface area (Å²) < 4.78 is 4.73. The number of esters is 1. The summed E-state index contributed by atoms with van der Waals surface area (Å²) in [6.07, 6.45) is 0. The van der Waals surface area contributed by atoms with Crippen molar-refractivity contribution in [2.75, 3.05) is 18.2 Å². The average Bonchev–Trinajstić information content (AvgIpc) is 2.78. The number of carbonyl (C=O) groups is 2. The van der Waals surface area contributed by atoms with E-state index in [2.05, 4.69) is 10.3 Å². The first-order chi connectivity index (χ1) is 9.92. The van der Waals surface area contributed by atoms with E-state index in [1.165, 1.54) is 7.11 Å². The molecule has 0 radical (unpaired) electrons. The molecule has 0 atom stereocenters. The molecule has 0 fully saturated rings. The molecule has 0 bridgehead atoms. The molecule has 1 amide bonds. The van der Waals surface area contributed by atoms with Crippen molar-refractivity contribution in [3.8, 4) is 0 Å². The number of aryl methyl sites for hydroxylation is 2. The predicted molar refractivity (Wildman–Crippen MR) is 81.7 cm³/mol. The largest absolute Gasteiger partial charge is 0.465 e. The van der Waals surface area contributed by atoms with Crippen LogP contribution in [-0.2, 0) is 4.74 Å². The van der Waals surface area contributed by atoms with E-state index < -0.39 is 5.97 Å². The molecule has 2 rings (SSSR count). The Hall–Kier alpha value is -2.41. The predicted octanol–water partition coefficient (Wildman–Crippen LogP) is 2.38. The first-order valence-electron chi connectivity index (χ1n) is 6.15. The summed E-state index contributed by atoms with van der Waals surface area (Å²) in [6.45, 7) is 3.56. The molecule has 2 aromatic rings. The van der Waals surface area contributed by atoms with Gasteiger partial charge in [-0.05, 0) is 26.0 Å². The minimum absolute atomic E-state index is 0.306. The van der Waals surface area contributed by atoms with Crippen molar-refractivity contribution in [2.45, 2.75) is 13.8 Å². The van der Waals surface area contributed by atoms with Gasteiger partial charge >= 0.3 is 5.97 Å². The highest BCUT2D eigenvalue weighted by atomic mass is 32.1. The lowest BCUT2D eigenvalue weighted by molar-refractivity contribution is 0.0602. The quantitative estimate of drug-likeness (QED) is 0.849. The van der Waals surface area contributed by atoms with E-state index in [1.807, 2.05) is 6.92 Å². The average molecular weight is 305 g/mol. The third kappa shape index (κ3) is 3.19. The van der Waals surface area contributed by atoms with Crippen LogP contribution < -0.4 is 11.1 Å².